The first kappa shape index (κ1) is 19.1. The highest BCUT2D eigenvalue weighted by atomic mass is 16.7. The van der Waals surface area contributed by atoms with Crippen LogP contribution in [-0.4, -0.2) is 40.6 Å². The summed E-state index contributed by atoms with van der Waals surface area (Å²) >= 11 is 0. The molecule has 150 valence electrons. The molecule has 2 aromatic heterocycles. The predicted octanol–water partition coefficient (Wildman–Crippen LogP) is 3.55. The van der Waals surface area contributed by atoms with Gasteiger partial charge in [-0.2, -0.15) is 5.10 Å². The van der Waals surface area contributed by atoms with Crippen molar-refractivity contribution in [2.45, 2.75) is 13.2 Å². The van der Waals surface area contributed by atoms with Gasteiger partial charge in [0.2, 0.25) is 6.29 Å². The van der Waals surface area contributed by atoms with Crippen molar-refractivity contribution in [2.75, 3.05) is 24.7 Å². The van der Waals surface area contributed by atoms with Gasteiger partial charge in [0, 0.05) is 30.9 Å². The average Bonchev–Trinajstić information content (AvgIpc) is 3.41. The molecule has 0 aliphatic carbocycles. The summed E-state index contributed by atoms with van der Waals surface area (Å²) in [6.07, 6.45) is 2.57. The number of carbonyl (C=O) groups excluding carboxylic acids is 1. The minimum atomic E-state index is -0.589. The molecule has 8 heteroatoms. The molecule has 1 amide bonds. The Bertz CT molecular complexity index is 983. The minimum Gasteiger partial charge on any atom is -0.410 e. The molecule has 1 fully saturated rings. The maximum atomic E-state index is 12.7. The van der Waals surface area contributed by atoms with Crippen LogP contribution in [0.25, 0.3) is 11.1 Å². The zero-order chi connectivity index (χ0) is 20.2. The smallest absolute Gasteiger partial charge is 0.410 e. The number of para-hydroxylation sites is 1. The minimum absolute atomic E-state index is 0.400. The van der Waals surface area contributed by atoms with E-state index in [1.165, 1.54) is 4.90 Å². The molecule has 1 aromatic carbocycles. The number of ether oxygens (including phenoxy) is 3. The second kappa shape index (κ2) is 8.42. The van der Waals surface area contributed by atoms with E-state index < -0.39 is 12.4 Å². The summed E-state index contributed by atoms with van der Waals surface area (Å²) in [6, 6.07) is 12.6. The third-order valence-electron chi connectivity index (χ3n) is 4.53. The molecule has 29 heavy (non-hydrogen) atoms. The summed E-state index contributed by atoms with van der Waals surface area (Å²) in [5, 5.41) is 4.23. The largest absolute Gasteiger partial charge is 0.420 e. The normalized spacial score (nSPS) is 14.1. The lowest BCUT2D eigenvalue weighted by molar-refractivity contribution is -0.0467. The average molecular weight is 394 g/mol. The second-order valence-electron chi connectivity index (χ2n) is 6.50. The van der Waals surface area contributed by atoms with Gasteiger partial charge in [0.1, 0.15) is 17.3 Å². The Labute approximate surface area is 168 Å². The fraction of sp³-hybridized carbons (Fsp3) is 0.286. The molecule has 0 unspecified atom stereocenters. The van der Waals surface area contributed by atoms with Gasteiger partial charge in [-0.1, -0.05) is 18.2 Å². The molecule has 0 bridgehead atoms. The molecule has 1 aliphatic heterocycles. The molecule has 0 saturated carbocycles. The predicted molar refractivity (Wildman–Crippen MR) is 107 cm³/mol. The fourth-order valence-corrected chi connectivity index (χ4v) is 3.14. The molecule has 1 saturated heterocycles. The van der Waals surface area contributed by atoms with E-state index in [2.05, 4.69) is 5.10 Å². The lowest BCUT2D eigenvalue weighted by Crippen LogP contribution is -2.34. The summed E-state index contributed by atoms with van der Waals surface area (Å²) in [5.74, 6) is 0.945. The number of nitrogens with zero attached hydrogens (tertiary/aromatic N) is 4. The van der Waals surface area contributed by atoms with Gasteiger partial charge in [0.15, 0.2) is 0 Å². The van der Waals surface area contributed by atoms with Crippen molar-refractivity contribution >= 4 is 11.9 Å². The number of hydrogen-bond acceptors (Lipinski definition) is 6. The van der Waals surface area contributed by atoms with E-state index in [4.69, 9.17) is 19.2 Å². The van der Waals surface area contributed by atoms with Crippen LogP contribution >= 0.6 is 0 Å². The Balaban J connectivity index is 1.67. The maximum absolute atomic E-state index is 12.7. The number of pyridine rings is 1. The van der Waals surface area contributed by atoms with E-state index in [-0.39, 0.29) is 0 Å². The molecular weight excluding hydrogens is 372 g/mol. The van der Waals surface area contributed by atoms with Gasteiger partial charge in [-0.15, -0.1) is 0 Å². The van der Waals surface area contributed by atoms with Gasteiger partial charge in [-0.05, 0) is 31.2 Å². The van der Waals surface area contributed by atoms with Crippen LogP contribution in [0.1, 0.15) is 18.9 Å². The summed E-state index contributed by atoms with van der Waals surface area (Å²) < 4.78 is 18.6. The highest BCUT2D eigenvalue weighted by Gasteiger charge is 2.27. The van der Waals surface area contributed by atoms with Gasteiger partial charge in [-0.25, -0.2) is 9.78 Å². The first-order chi connectivity index (χ1) is 14.2. The van der Waals surface area contributed by atoms with E-state index in [1.807, 2.05) is 44.4 Å². The van der Waals surface area contributed by atoms with E-state index in [9.17, 15) is 4.79 Å². The van der Waals surface area contributed by atoms with Gasteiger partial charge < -0.3 is 14.2 Å². The van der Waals surface area contributed by atoms with Crippen LogP contribution < -0.4 is 9.64 Å². The standard InChI is InChI=1S/C21H22N4O4/c1-3-25(21(26)29-16-7-5-4-6-8-16)18-10-9-17(15-13-22-24(2)14-15)19(23-18)20-27-11-12-28-20/h4-10,13-14,20H,3,11-12H2,1-2H3. The Kier molecular flexibility index (Phi) is 5.55. The lowest BCUT2D eigenvalue weighted by Gasteiger charge is -2.22. The molecule has 0 N–H and O–H groups in total. The van der Waals surface area contributed by atoms with Gasteiger partial charge in [-0.3, -0.25) is 9.58 Å². The van der Waals surface area contributed by atoms with Crippen molar-refractivity contribution in [3.63, 3.8) is 0 Å². The molecule has 3 heterocycles. The summed E-state index contributed by atoms with van der Waals surface area (Å²) in [4.78, 5) is 18.9. The Morgan fingerprint density at radius 1 is 1.21 bits per heavy atom. The van der Waals surface area contributed by atoms with Crippen LogP contribution in [0.15, 0.2) is 54.9 Å². The van der Waals surface area contributed by atoms with Crippen molar-refractivity contribution in [3.05, 3.63) is 60.6 Å². The molecule has 0 atom stereocenters. The van der Waals surface area contributed by atoms with Crippen LogP contribution in [0.3, 0.4) is 0 Å². The monoisotopic (exact) mass is 394 g/mol. The Morgan fingerprint density at radius 3 is 2.62 bits per heavy atom. The van der Waals surface area contributed by atoms with Crippen molar-refractivity contribution in [1.29, 1.82) is 0 Å². The lowest BCUT2D eigenvalue weighted by atomic mass is 10.1. The maximum Gasteiger partial charge on any atom is 0.420 e. The topological polar surface area (TPSA) is 78.7 Å². The zero-order valence-electron chi connectivity index (χ0n) is 16.3. The van der Waals surface area contributed by atoms with Gasteiger partial charge in [0.25, 0.3) is 0 Å². The van der Waals surface area contributed by atoms with Crippen LogP contribution in [-0.2, 0) is 16.5 Å². The molecule has 4 rings (SSSR count). The summed E-state index contributed by atoms with van der Waals surface area (Å²) in [7, 11) is 1.85. The van der Waals surface area contributed by atoms with Crippen LogP contribution in [0, 0.1) is 0 Å². The number of rotatable bonds is 5. The first-order valence-electron chi connectivity index (χ1n) is 9.43. The van der Waals surface area contributed by atoms with Crippen LogP contribution in [0.2, 0.25) is 0 Å². The third kappa shape index (κ3) is 4.13. The fourth-order valence-electron chi connectivity index (χ4n) is 3.14. The van der Waals surface area contributed by atoms with E-state index >= 15 is 0 Å². The van der Waals surface area contributed by atoms with Gasteiger partial charge >= 0.3 is 6.09 Å². The molecule has 1 aliphatic rings. The van der Waals surface area contributed by atoms with Crippen molar-refractivity contribution in [1.82, 2.24) is 14.8 Å². The molecular formula is C21H22N4O4. The van der Waals surface area contributed by atoms with E-state index in [1.54, 1.807) is 29.1 Å². The number of amides is 1. The van der Waals surface area contributed by atoms with E-state index in [0.29, 0.717) is 37.0 Å². The van der Waals surface area contributed by atoms with E-state index in [0.717, 1.165) is 11.1 Å². The van der Waals surface area contributed by atoms with Crippen LogP contribution in [0.5, 0.6) is 5.75 Å². The number of benzene rings is 1. The molecule has 3 aromatic rings. The molecule has 8 nitrogen and oxygen atoms in total. The number of hydrogen-bond donors (Lipinski definition) is 0. The van der Waals surface area contributed by atoms with Crippen LogP contribution in [0.4, 0.5) is 10.6 Å². The quantitative estimate of drug-likeness (QED) is 0.658. The summed E-state index contributed by atoms with van der Waals surface area (Å²) in [5.41, 5.74) is 2.36. The highest BCUT2D eigenvalue weighted by Crippen LogP contribution is 2.33. The Morgan fingerprint density at radius 2 is 1.97 bits per heavy atom. The SMILES string of the molecule is CCN(C(=O)Oc1ccccc1)c1ccc(-c2cnn(C)c2)c(C2OCCO2)n1. The van der Waals surface area contributed by atoms with Crippen molar-refractivity contribution in [3.8, 4) is 16.9 Å². The second-order valence-corrected chi connectivity index (χ2v) is 6.50. The highest BCUT2D eigenvalue weighted by molar-refractivity contribution is 5.88. The van der Waals surface area contributed by atoms with Gasteiger partial charge in [0.05, 0.1) is 19.4 Å². The van der Waals surface area contributed by atoms with Crippen molar-refractivity contribution in [2.24, 2.45) is 7.05 Å². The van der Waals surface area contributed by atoms with Crippen molar-refractivity contribution < 1.29 is 19.0 Å². The third-order valence-corrected chi connectivity index (χ3v) is 4.53. The number of aromatic nitrogens is 3. The summed E-state index contributed by atoms with van der Waals surface area (Å²) in [6.45, 7) is 3.26. The zero-order valence-corrected chi connectivity index (χ0v) is 16.3. The first-order valence-corrected chi connectivity index (χ1v) is 9.43. The number of carbonyl (C=O) groups is 1. The molecule has 0 radical (unpaired) electrons. The number of aryl methyl sites for hydroxylation is 1. The Hall–Kier alpha value is -3.23. The number of anilines is 1. The molecule has 0 spiro atoms.